The largest absolute Gasteiger partial charge is 0.307 e. The Balaban J connectivity index is 1.33. The number of rotatable bonds is 4. The molecule has 3 aliphatic heterocycles. The zero-order chi connectivity index (χ0) is 21.6. The molecular formula is C24H20ClN3O2S. The molecule has 2 bridgehead atoms. The lowest BCUT2D eigenvalue weighted by Crippen LogP contribution is -2.72. The average Bonchev–Trinajstić information content (AvgIpc) is 2.79. The quantitative estimate of drug-likeness (QED) is 0.653. The highest BCUT2D eigenvalue weighted by Gasteiger charge is 2.49. The van der Waals surface area contributed by atoms with Crippen LogP contribution in [0.15, 0.2) is 77.7 Å². The number of nitrogens with zero attached hydrogens (tertiary/aromatic N) is 2. The molecule has 3 aliphatic rings. The van der Waals surface area contributed by atoms with Crippen molar-refractivity contribution in [3.8, 4) is 17.2 Å². The molecule has 3 fully saturated rings. The average molecular weight is 450 g/mol. The fourth-order valence-electron chi connectivity index (χ4n) is 4.59. The van der Waals surface area contributed by atoms with E-state index in [4.69, 9.17) is 16.9 Å². The third-order valence-corrected chi connectivity index (χ3v) is 8.21. The SMILES string of the molecule is N#Cc1cccc(-c2ccc(C3[C@@H]4CN(S(=O)(=O)c5cccc(Cl)c5)C[C@H]3N4)cc2)c1. The molecule has 7 heteroatoms. The van der Waals surface area contributed by atoms with E-state index in [9.17, 15) is 8.42 Å². The molecule has 0 amide bonds. The number of fused-ring (bicyclic) bond motifs is 2. The molecular weight excluding hydrogens is 430 g/mol. The number of nitrogens with one attached hydrogen (secondary N) is 1. The van der Waals surface area contributed by atoms with Crippen LogP contribution < -0.4 is 5.32 Å². The molecule has 0 radical (unpaired) electrons. The topological polar surface area (TPSA) is 73.2 Å². The highest BCUT2D eigenvalue weighted by Crippen LogP contribution is 2.39. The lowest BCUT2D eigenvalue weighted by atomic mass is 9.75. The molecule has 1 N–H and O–H groups in total. The lowest BCUT2D eigenvalue weighted by Gasteiger charge is -2.54. The second kappa shape index (κ2) is 7.77. The van der Waals surface area contributed by atoms with E-state index in [1.54, 1.807) is 28.6 Å². The van der Waals surface area contributed by atoms with E-state index in [1.165, 1.54) is 11.6 Å². The highest BCUT2D eigenvalue weighted by molar-refractivity contribution is 7.89. The maximum atomic E-state index is 13.0. The van der Waals surface area contributed by atoms with E-state index in [2.05, 4.69) is 35.7 Å². The first kappa shape index (κ1) is 20.2. The molecule has 0 spiro atoms. The van der Waals surface area contributed by atoms with Crippen LogP contribution in [0.2, 0.25) is 5.02 Å². The Hall–Kier alpha value is -2.69. The number of sulfonamides is 1. The van der Waals surface area contributed by atoms with Gasteiger partial charge in [-0.25, -0.2) is 8.42 Å². The van der Waals surface area contributed by atoms with Crippen molar-refractivity contribution < 1.29 is 8.42 Å². The summed E-state index contributed by atoms with van der Waals surface area (Å²) >= 11 is 5.99. The Bertz CT molecular complexity index is 1270. The maximum Gasteiger partial charge on any atom is 0.243 e. The molecule has 0 aromatic heterocycles. The standard InChI is InChI=1S/C24H20ClN3O2S/c25-20-5-2-6-21(12-20)31(29,30)28-14-22-24(23(15-28)27-22)18-9-7-17(8-10-18)19-4-1-3-16(11-19)13-26/h1-12,22-24,27H,14-15H2/t22-,23+,24?. The molecule has 3 saturated heterocycles. The van der Waals surface area contributed by atoms with Crippen LogP contribution in [0.25, 0.3) is 11.1 Å². The van der Waals surface area contributed by atoms with Crippen molar-refractivity contribution in [3.05, 3.63) is 88.9 Å². The van der Waals surface area contributed by atoms with E-state index in [0.29, 0.717) is 23.7 Å². The maximum absolute atomic E-state index is 13.0. The zero-order valence-corrected chi connectivity index (χ0v) is 18.1. The van der Waals surface area contributed by atoms with Crippen molar-refractivity contribution in [2.24, 2.45) is 0 Å². The van der Waals surface area contributed by atoms with Crippen LogP contribution in [0.3, 0.4) is 0 Å². The third-order valence-electron chi connectivity index (χ3n) is 6.15. The minimum absolute atomic E-state index is 0.0838. The van der Waals surface area contributed by atoms with E-state index >= 15 is 0 Å². The molecule has 0 aliphatic carbocycles. The van der Waals surface area contributed by atoms with Crippen LogP contribution in [0.1, 0.15) is 17.0 Å². The van der Waals surface area contributed by atoms with Crippen LogP contribution in [0, 0.1) is 11.3 Å². The Labute approximate surface area is 186 Å². The van der Waals surface area contributed by atoms with Gasteiger partial charge >= 0.3 is 0 Å². The minimum atomic E-state index is -3.56. The van der Waals surface area contributed by atoms with Crippen molar-refractivity contribution in [1.29, 1.82) is 5.26 Å². The van der Waals surface area contributed by atoms with Gasteiger partial charge in [0.05, 0.1) is 16.5 Å². The fourth-order valence-corrected chi connectivity index (χ4v) is 6.39. The smallest absolute Gasteiger partial charge is 0.243 e. The zero-order valence-electron chi connectivity index (χ0n) is 16.6. The first-order chi connectivity index (χ1) is 15.0. The van der Waals surface area contributed by atoms with Crippen LogP contribution in [-0.2, 0) is 10.0 Å². The summed E-state index contributed by atoms with van der Waals surface area (Å²) in [5.41, 5.74) is 3.91. The van der Waals surface area contributed by atoms with Gasteiger partial charge in [-0.1, -0.05) is 54.1 Å². The Morgan fingerprint density at radius 1 is 0.935 bits per heavy atom. The van der Waals surface area contributed by atoms with Gasteiger partial charge in [-0.2, -0.15) is 9.57 Å². The summed E-state index contributed by atoms with van der Waals surface area (Å²) in [7, 11) is -3.56. The van der Waals surface area contributed by atoms with Gasteiger partial charge in [-0.05, 0) is 47.0 Å². The normalized spacial score (nSPS) is 23.0. The Morgan fingerprint density at radius 3 is 2.32 bits per heavy atom. The van der Waals surface area contributed by atoms with Gasteiger partial charge in [0.2, 0.25) is 10.0 Å². The number of piperidine rings is 1. The number of piperazine rings is 1. The molecule has 0 saturated carbocycles. The monoisotopic (exact) mass is 449 g/mol. The second-order valence-corrected chi connectivity index (χ2v) is 10.4. The van der Waals surface area contributed by atoms with Crippen LogP contribution >= 0.6 is 11.6 Å². The second-order valence-electron chi connectivity index (χ2n) is 8.00. The Kier molecular flexibility index (Phi) is 5.07. The summed E-state index contributed by atoms with van der Waals surface area (Å²) in [5.74, 6) is 0.283. The molecule has 1 unspecified atom stereocenters. The summed E-state index contributed by atoms with van der Waals surface area (Å²) in [6.45, 7) is 0.865. The molecule has 3 aromatic carbocycles. The number of halogens is 1. The molecule has 31 heavy (non-hydrogen) atoms. The fraction of sp³-hybridized carbons (Fsp3) is 0.208. The summed E-state index contributed by atoms with van der Waals surface area (Å²) in [6.07, 6.45) is 0. The third kappa shape index (κ3) is 3.64. The Morgan fingerprint density at radius 2 is 1.65 bits per heavy atom. The van der Waals surface area contributed by atoms with Crippen molar-refractivity contribution in [3.63, 3.8) is 0 Å². The molecule has 5 nitrogen and oxygen atoms in total. The van der Waals surface area contributed by atoms with Gasteiger partial charge in [-0.3, -0.25) is 0 Å². The molecule has 3 heterocycles. The predicted octanol–water partition coefficient (Wildman–Crippen LogP) is 4.01. The number of hydrogen-bond acceptors (Lipinski definition) is 4. The summed E-state index contributed by atoms with van der Waals surface area (Å²) in [4.78, 5) is 0.238. The first-order valence-corrected chi connectivity index (χ1v) is 11.9. The first-order valence-electron chi connectivity index (χ1n) is 10.1. The summed E-state index contributed by atoms with van der Waals surface area (Å²) in [5, 5.41) is 13.0. The highest BCUT2D eigenvalue weighted by atomic mass is 35.5. The summed E-state index contributed by atoms with van der Waals surface area (Å²) in [6, 6.07) is 24.7. The van der Waals surface area contributed by atoms with E-state index < -0.39 is 10.0 Å². The number of hydrogen-bond donors (Lipinski definition) is 1. The van der Waals surface area contributed by atoms with Crippen LogP contribution in [-0.4, -0.2) is 37.9 Å². The lowest BCUT2D eigenvalue weighted by molar-refractivity contribution is 0.102. The van der Waals surface area contributed by atoms with Crippen molar-refractivity contribution in [2.75, 3.05) is 13.1 Å². The molecule has 6 rings (SSSR count). The molecule has 156 valence electrons. The van der Waals surface area contributed by atoms with Crippen LogP contribution in [0.4, 0.5) is 0 Å². The van der Waals surface area contributed by atoms with Gasteiger partial charge in [0.25, 0.3) is 0 Å². The summed E-state index contributed by atoms with van der Waals surface area (Å²) < 4.78 is 27.6. The van der Waals surface area contributed by atoms with Crippen molar-refractivity contribution in [2.45, 2.75) is 22.9 Å². The van der Waals surface area contributed by atoms with Crippen LogP contribution in [0.5, 0.6) is 0 Å². The van der Waals surface area contributed by atoms with E-state index in [-0.39, 0.29) is 22.9 Å². The van der Waals surface area contributed by atoms with E-state index in [0.717, 1.165) is 11.1 Å². The van der Waals surface area contributed by atoms with Gasteiger partial charge < -0.3 is 5.32 Å². The number of nitriles is 1. The number of benzene rings is 3. The van der Waals surface area contributed by atoms with E-state index in [1.807, 2.05) is 18.2 Å². The molecule has 3 atom stereocenters. The van der Waals surface area contributed by atoms with Gasteiger partial charge in [0.1, 0.15) is 0 Å². The minimum Gasteiger partial charge on any atom is -0.307 e. The van der Waals surface area contributed by atoms with Crippen molar-refractivity contribution in [1.82, 2.24) is 9.62 Å². The van der Waals surface area contributed by atoms with Gasteiger partial charge in [0, 0.05) is 36.1 Å². The van der Waals surface area contributed by atoms with Crippen molar-refractivity contribution >= 4 is 21.6 Å². The molecule has 3 aromatic rings. The van der Waals surface area contributed by atoms with Gasteiger partial charge in [-0.15, -0.1) is 0 Å². The van der Waals surface area contributed by atoms with Gasteiger partial charge in [0.15, 0.2) is 0 Å². The predicted molar refractivity (Wildman–Crippen MR) is 120 cm³/mol.